The van der Waals surface area contributed by atoms with Crippen molar-refractivity contribution in [3.8, 4) is 0 Å². The van der Waals surface area contributed by atoms with Crippen LogP contribution in [-0.2, 0) is 6.54 Å². The van der Waals surface area contributed by atoms with Crippen LogP contribution in [0.25, 0.3) is 0 Å². The maximum absolute atomic E-state index is 10.7. The number of hydrogen-bond donors (Lipinski definition) is 1. The highest BCUT2D eigenvalue weighted by molar-refractivity contribution is 7.13. The van der Waals surface area contributed by atoms with Crippen molar-refractivity contribution < 1.29 is 4.92 Å². The topological polar surface area (TPSA) is 55.2 Å². The number of halogens is 1. The van der Waals surface area contributed by atoms with Crippen LogP contribution in [0.4, 0.5) is 5.00 Å². The van der Waals surface area contributed by atoms with Gasteiger partial charge in [-0.05, 0) is 29.2 Å². The molecule has 2 aromatic rings. The molecule has 21 heavy (non-hydrogen) atoms. The van der Waals surface area contributed by atoms with E-state index in [0.717, 1.165) is 21.9 Å². The number of thiophene rings is 1. The van der Waals surface area contributed by atoms with E-state index in [1.165, 1.54) is 5.56 Å². The lowest BCUT2D eigenvalue weighted by Gasteiger charge is -2.23. The van der Waals surface area contributed by atoms with Crippen molar-refractivity contribution in [2.24, 2.45) is 5.92 Å². The van der Waals surface area contributed by atoms with Crippen LogP contribution in [0.3, 0.4) is 0 Å². The summed E-state index contributed by atoms with van der Waals surface area (Å²) in [6.45, 7) is 4.89. The van der Waals surface area contributed by atoms with Crippen LogP contribution in [0.1, 0.15) is 31.0 Å². The Morgan fingerprint density at radius 2 is 2.00 bits per heavy atom. The van der Waals surface area contributed by atoms with E-state index < -0.39 is 0 Å². The van der Waals surface area contributed by atoms with E-state index in [-0.39, 0.29) is 16.0 Å². The molecule has 0 fully saturated rings. The largest absolute Gasteiger partial charge is 0.324 e. The Hall–Kier alpha value is -1.43. The van der Waals surface area contributed by atoms with Gasteiger partial charge in [-0.25, -0.2) is 0 Å². The van der Waals surface area contributed by atoms with Crippen molar-refractivity contribution in [2.45, 2.75) is 26.4 Å². The highest BCUT2D eigenvalue weighted by Gasteiger charge is 2.16. The molecule has 0 radical (unpaired) electrons. The van der Waals surface area contributed by atoms with E-state index in [1.807, 2.05) is 29.6 Å². The van der Waals surface area contributed by atoms with E-state index in [0.29, 0.717) is 12.5 Å². The second-order valence-corrected chi connectivity index (χ2v) is 6.53. The molecule has 0 aliphatic heterocycles. The Kier molecular flexibility index (Phi) is 5.33. The number of nitrogens with one attached hydrogen (secondary N) is 1. The molecule has 0 aliphatic rings. The van der Waals surface area contributed by atoms with E-state index in [9.17, 15) is 10.1 Å². The van der Waals surface area contributed by atoms with Gasteiger partial charge in [0.05, 0.1) is 4.92 Å². The molecule has 1 aromatic carbocycles. The number of nitro groups is 1. The number of benzene rings is 1. The number of hydrogen-bond acceptors (Lipinski definition) is 4. The summed E-state index contributed by atoms with van der Waals surface area (Å²) in [6.07, 6.45) is 0. The molecule has 4 nitrogen and oxygen atoms in total. The lowest BCUT2D eigenvalue weighted by Crippen LogP contribution is -2.25. The normalized spacial score (nSPS) is 12.6. The maximum Gasteiger partial charge on any atom is 0.324 e. The second-order valence-electron chi connectivity index (χ2n) is 5.20. The lowest BCUT2D eigenvalue weighted by atomic mass is 9.96. The summed E-state index contributed by atoms with van der Waals surface area (Å²) in [5.41, 5.74) is 2.10. The van der Waals surface area contributed by atoms with Gasteiger partial charge in [0.1, 0.15) is 0 Å². The molecular formula is C15H17ClN2O2S. The van der Waals surface area contributed by atoms with Crippen LogP contribution in [0, 0.1) is 16.0 Å². The predicted octanol–water partition coefficient (Wildman–Crippen LogP) is 4.80. The molecule has 6 heteroatoms. The van der Waals surface area contributed by atoms with Gasteiger partial charge in [0.25, 0.3) is 0 Å². The van der Waals surface area contributed by atoms with Crippen LogP contribution in [0.15, 0.2) is 35.7 Å². The van der Waals surface area contributed by atoms with Crippen LogP contribution < -0.4 is 5.32 Å². The summed E-state index contributed by atoms with van der Waals surface area (Å²) in [7, 11) is 0. The molecule has 0 aliphatic carbocycles. The number of rotatable bonds is 6. The number of nitrogens with zero attached hydrogens (tertiary/aromatic N) is 1. The summed E-state index contributed by atoms with van der Waals surface area (Å²) in [5.74, 6) is 0.403. The Morgan fingerprint density at radius 3 is 2.52 bits per heavy atom. The summed E-state index contributed by atoms with van der Waals surface area (Å²) in [6, 6.07) is 9.58. The van der Waals surface area contributed by atoms with Crippen molar-refractivity contribution in [1.29, 1.82) is 0 Å². The zero-order chi connectivity index (χ0) is 15.4. The average molecular weight is 325 g/mol. The van der Waals surface area contributed by atoms with Gasteiger partial charge in [0.15, 0.2) is 0 Å². The minimum absolute atomic E-state index is 0.180. The first-order chi connectivity index (χ1) is 9.97. The van der Waals surface area contributed by atoms with Gasteiger partial charge in [-0.2, -0.15) is 0 Å². The summed E-state index contributed by atoms with van der Waals surface area (Å²) in [5, 5.41) is 16.9. The maximum atomic E-state index is 10.7. The zero-order valence-corrected chi connectivity index (χ0v) is 13.4. The SMILES string of the molecule is CC(C)C(NCc1csc([N+](=O)[O-])c1)c1ccc(Cl)cc1. The standard InChI is InChI=1S/C15H17ClN2O2S/c1-10(2)15(12-3-5-13(16)6-4-12)17-8-11-7-14(18(19)20)21-9-11/h3-7,9-10,15,17H,8H2,1-2H3. The smallest absolute Gasteiger partial charge is 0.306 e. The Morgan fingerprint density at radius 1 is 1.33 bits per heavy atom. The molecule has 112 valence electrons. The third-order valence-electron chi connectivity index (χ3n) is 3.24. The molecule has 1 unspecified atom stereocenters. The van der Waals surface area contributed by atoms with Crippen molar-refractivity contribution in [3.63, 3.8) is 0 Å². The van der Waals surface area contributed by atoms with Crippen molar-refractivity contribution in [3.05, 3.63) is 62.0 Å². The molecule has 0 saturated heterocycles. The Balaban J connectivity index is 2.06. The molecule has 0 amide bonds. The minimum atomic E-state index is -0.354. The first kappa shape index (κ1) is 15.9. The Bertz CT molecular complexity index is 610. The van der Waals surface area contributed by atoms with E-state index in [1.54, 1.807) is 6.07 Å². The van der Waals surface area contributed by atoms with Gasteiger partial charge in [-0.15, -0.1) is 0 Å². The molecule has 1 atom stereocenters. The van der Waals surface area contributed by atoms with Crippen LogP contribution in [0.2, 0.25) is 5.02 Å². The van der Waals surface area contributed by atoms with Crippen molar-refractivity contribution >= 4 is 27.9 Å². The molecule has 2 rings (SSSR count). The fraction of sp³-hybridized carbons (Fsp3) is 0.333. The van der Waals surface area contributed by atoms with Gasteiger partial charge in [0.2, 0.25) is 0 Å². The Labute approximate surface area is 132 Å². The third-order valence-corrected chi connectivity index (χ3v) is 4.42. The minimum Gasteiger partial charge on any atom is -0.306 e. The third kappa shape index (κ3) is 4.27. The quantitative estimate of drug-likeness (QED) is 0.613. The monoisotopic (exact) mass is 324 g/mol. The van der Waals surface area contributed by atoms with E-state index in [2.05, 4.69) is 19.2 Å². The molecule has 0 spiro atoms. The van der Waals surface area contributed by atoms with Gasteiger partial charge < -0.3 is 5.32 Å². The average Bonchev–Trinajstić information content (AvgIpc) is 2.90. The molecule has 0 saturated carbocycles. The van der Waals surface area contributed by atoms with E-state index >= 15 is 0 Å². The van der Waals surface area contributed by atoms with Crippen LogP contribution >= 0.6 is 22.9 Å². The van der Waals surface area contributed by atoms with Gasteiger partial charge in [-0.3, -0.25) is 10.1 Å². The fourth-order valence-corrected chi connectivity index (χ4v) is 3.04. The molecule has 1 N–H and O–H groups in total. The first-order valence-electron chi connectivity index (χ1n) is 6.68. The van der Waals surface area contributed by atoms with Crippen LogP contribution in [0.5, 0.6) is 0 Å². The first-order valence-corrected chi connectivity index (χ1v) is 7.94. The molecular weight excluding hydrogens is 308 g/mol. The fourth-order valence-electron chi connectivity index (χ4n) is 2.19. The van der Waals surface area contributed by atoms with Gasteiger partial charge in [0, 0.05) is 29.1 Å². The summed E-state index contributed by atoms with van der Waals surface area (Å²) in [4.78, 5) is 10.3. The summed E-state index contributed by atoms with van der Waals surface area (Å²) < 4.78 is 0. The van der Waals surface area contributed by atoms with Gasteiger partial charge >= 0.3 is 5.00 Å². The zero-order valence-electron chi connectivity index (χ0n) is 11.9. The molecule has 1 aromatic heterocycles. The van der Waals surface area contributed by atoms with Crippen LogP contribution in [-0.4, -0.2) is 4.92 Å². The highest BCUT2D eigenvalue weighted by atomic mass is 35.5. The second kappa shape index (κ2) is 7.02. The highest BCUT2D eigenvalue weighted by Crippen LogP contribution is 2.26. The van der Waals surface area contributed by atoms with E-state index in [4.69, 9.17) is 11.6 Å². The van der Waals surface area contributed by atoms with Crippen molar-refractivity contribution in [1.82, 2.24) is 5.32 Å². The van der Waals surface area contributed by atoms with Gasteiger partial charge in [-0.1, -0.05) is 48.9 Å². The lowest BCUT2D eigenvalue weighted by molar-refractivity contribution is -0.380. The van der Waals surface area contributed by atoms with Crippen molar-refractivity contribution in [2.75, 3.05) is 0 Å². The summed E-state index contributed by atoms with van der Waals surface area (Å²) >= 11 is 7.08. The molecule has 1 heterocycles. The predicted molar refractivity (Wildman–Crippen MR) is 86.8 cm³/mol. The molecule has 0 bridgehead atoms.